The number of benzene rings is 1. The van der Waals surface area contributed by atoms with E-state index in [1.807, 2.05) is 0 Å². The first-order valence-electron chi connectivity index (χ1n) is 7.83. The molecule has 0 bridgehead atoms. The monoisotopic (exact) mass is 360 g/mol. The molecule has 0 aromatic heterocycles. The molecule has 136 valence electrons. The van der Waals surface area contributed by atoms with Crippen LogP contribution in [0.5, 0.6) is 0 Å². The summed E-state index contributed by atoms with van der Waals surface area (Å²) in [7, 11) is 1.58. The number of methoxy groups -OCH3 is 1. The van der Waals surface area contributed by atoms with Crippen molar-refractivity contribution in [3.05, 3.63) is 35.1 Å². The number of nitrogens with zero attached hydrogens (tertiary/aromatic N) is 1. The van der Waals surface area contributed by atoms with Gasteiger partial charge in [0.25, 0.3) is 5.91 Å². The number of amides is 1. The molecule has 24 heavy (non-hydrogen) atoms. The average Bonchev–Trinajstić information content (AvgIpc) is 2.95. The second-order valence-corrected chi connectivity index (χ2v) is 6.34. The van der Waals surface area contributed by atoms with Crippen LogP contribution >= 0.6 is 12.4 Å². The number of carbonyl (C=O) groups is 1. The third-order valence-electron chi connectivity index (χ3n) is 4.32. The molecule has 1 atom stereocenters. The van der Waals surface area contributed by atoms with Crippen LogP contribution < -0.4 is 5.73 Å². The van der Waals surface area contributed by atoms with E-state index >= 15 is 0 Å². The van der Waals surface area contributed by atoms with Gasteiger partial charge in [0, 0.05) is 31.3 Å². The minimum atomic E-state index is -0.368. The second-order valence-electron chi connectivity index (χ2n) is 6.34. The lowest BCUT2D eigenvalue weighted by atomic mass is 9.90. The molecule has 1 amide bonds. The van der Waals surface area contributed by atoms with Crippen molar-refractivity contribution in [2.45, 2.75) is 20.0 Å². The van der Waals surface area contributed by atoms with E-state index < -0.39 is 0 Å². The number of rotatable bonds is 7. The van der Waals surface area contributed by atoms with Gasteiger partial charge in [-0.15, -0.1) is 12.4 Å². The van der Waals surface area contributed by atoms with Crippen molar-refractivity contribution in [2.75, 3.05) is 40.0 Å². The second kappa shape index (κ2) is 9.32. The number of carbonyl (C=O) groups excluding carboxylic acids is 1. The Balaban J connectivity index is 0.00000288. The molecule has 5 nitrogen and oxygen atoms in total. The Kier molecular flexibility index (Phi) is 8.09. The standard InChI is InChI=1S/C17H25FN2O3.ClH/c1-17(11-19)5-6-20(12-17)16(21)13-3-4-15(18)14(9-13)10-23-8-7-22-2;/h3-4,9H,5-8,10-12,19H2,1-2H3;1H. The molecule has 0 saturated carbocycles. The maximum absolute atomic E-state index is 13.8. The molecular weight excluding hydrogens is 335 g/mol. The Hall–Kier alpha value is -1.21. The zero-order valence-corrected chi connectivity index (χ0v) is 15.0. The highest BCUT2D eigenvalue weighted by molar-refractivity contribution is 5.94. The van der Waals surface area contributed by atoms with Gasteiger partial charge in [0.05, 0.1) is 19.8 Å². The first kappa shape index (κ1) is 20.8. The van der Waals surface area contributed by atoms with Gasteiger partial charge in [-0.2, -0.15) is 0 Å². The van der Waals surface area contributed by atoms with Crippen LogP contribution in [0, 0.1) is 11.2 Å². The van der Waals surface area contributed by atoms with Crippen molar-refractivity contribution in [3.63, 3.8) is 0 Å². The quantitative estimate of drug-likeness (QED) is 0.757. The molecule has 2 N–H and O–H groups in total. The van der Waals surface area contributed by atoms with Gasteiger partial charge >= 0.3 is 0 Å². The summed E-state index contributed by atoms with van der Waals surface area (Å²) in [6, 6.07) is 4.41. The summed E-state index contributed by atoms with van der Waals surface area (Å²) in [6.45, 7) is 4.92. The molecule has 1 fully saturated rings. The molecule has 0 radical (unpaired) electrons. The molecule has 1 saturated heterocycles. The van der Waals surface area contributed by atoms with Gasteiger partial charge < -0.3 is 20.1 Å². The number of hydrogen-bond donors (Lipinski definition) is 1. The molecule has 0 spiro atoms. The van der Waals surface area contributed by atoms with Crippen LogP contribution in [0.25, 0.3) is 0 Å². The highest BCUT2D eigenvalue weighted by Gasteiger charge is 2.35. The first-order chi connectivity index (χ1) is 11.0. The lowest BCUT2D eigenvalue weighted by molar-refractivity contribution is 0.0603. The molecule has 1 unspecified atom stereocenters. The van der Waals surface area contributed by atoms with Crippen molar-refractivity contribution in [2.24, 2.45) is 11.1 Å². The van der Waals surface area contributed by atoms with Gasteiger partial charge in [-0.05, 0) is 36.6 Å². The Morgan fingerprint density at radius 2 is 2.17 bits per heavy atom. The molecule has 7 heteroatoms. The van der Waals surface area contributed by atoms with E-state index in [-0.39, 0.29) is 36.2 Å². The lowest BCUT2D eigenvalue weighted by Crippen LogP contribution is -2.34. The minimum absolute atomic E-state index is 0. The number of ether oxygens (including phenoxy) is 2. The Labute approximate surface area is 148 Å². The topological polar surface area (TPSA) is 64.8 Å². The summed E-state index contributed by atoms with van der Waals surface area (Å²) in [5, 5.41) is 0. The number of nitrogens with two attached hydrogens (primary N) is 1. The van der Waals surface area contributed by atoms with E-state index in [0.717, 1.165) is 6.42 Å². The molecule has 1 heterocycles. The zero-order valence-electron chi connectivity index (χ0n) is 14.2. The van der Waals surface area contributed by atoms with Crippen LogP contribution in [-0.2, 0) is 16.1 Å². The van der Waals surface area contributed by atoms with E-state index in [4.69, 9.17) is 15.2 Å². The average molecular weight is 361 g/mol. The van der Waals surface area contributed by atoms with Crippen LogP contribution in [0.2, 0.25) is 0 Å². The van der Waals surface area contributed by atoms with Gasteiger partial charge in [-0.1, -0.05) is 6.92 Å². The van der Waals surface area contributed by atoms with E-state index in [0.29, 0.717) is 44.0 Å². The third kappa shape index (κ3) is 5.14. The Bertz CT molecular complexity index is 559. The molecular formula is C17H26ClFN2O3. The minimum Gasteiger partial charge on any atom is -0.382 e. The van der Waals surface area contributed by atoms with Crippen LogP contribution in [0.1, 0.15) is 29.3 Å². The third-order valence-corrected chi connectivity index (χ3v) is 4.32. The lowest BCUT2D eigenvalue weighted by Gasteiger charge is -2.22. The van der Waals surface area contributed by atoms with E-state index in [2.05, 4.69) is 6.92 Å². The predicted octanol–water partition coefficient (Wildman–Crippen LogP) is 2.22. The summed E-state index contributed by atoms with van der Waals surface area (Å²) in [5.41, 5.74) is 6.62. The molecule has 2 rings (SSSR count). The summed E-state index contributed by atoms with van der Waals surface area (Å²) in [6.07, 6.45) is 0.892. The summed E-state index contributed by atoms with van der Waals surface area (Å²) >= 11 is 0. The number of likely N-dealkylation sites (tertiary alicyclic amines) is 1. The van der Waals surface area contributed by atoms with Crippen molar-refractivity contribution < 1.29 is 18.7 Å². The van der Waals surface area contributed by atoms with Gasteiger partial charge in [0.1, 0.15) is 5.82 Å². The Morgan fingerprint density at radius 1 is 1.42 bits per heavy atom. The zero-order chi connectivity index (χ0) is 16.9. The molecule has 1 aromatic carbocycles. The largest absolute Gasteiger partial charge is 0.382 e. The van der Waals surface area contributed by atoms with E-state index in [9.17, 15) is 9.18 Å². The van der Waals surface area contributed by atoms with Crippen LogP contribution in [0.15, 0.2) is 18.2 Å². The van der Waals surface area contributed by atoms with Crippen LogP contribution in [0.4, 0.5) is 4.39 Å². The first-order valence-corrected chi connectivity index (χ1v) is 7.83. The fourth-order valence-corrected chi connectivity index (χ4v) is 2.69. The van der Waals surface area contributed by atoms with E-state index in [1.165, 1.54) is 12.1 Å². The summed E-state index contributed by atoms with van der Waals surface area (Å²) in [5.74, 6) is -0.451. The fraction of sp³-hybridized carbons (Fsp3) is 0.588. The smallest absolute Gasteiger partial charge is 0.253 e. The van der Waals surface area contributed by atoms with Crippen molar-refractivity contribution in [3.8, 4) is 0 Å². The highest BCUT2D eigenvalue weighted by Crippen LogP contribution is 2.29. The molecule has 1 aliphatic rings. The predicted molar refractivity (Wildman–Crippen MR) is 92.9 cm³/mol. The highest BCUT2D eigenvalue weighted by atomic mass is 35.5. The van der Waals surface area contributed by atoms with Crippen LogP contribution in [0.3, 0.4) is 0 Å². The van der Waals surface area contributed by atoms with Gasteiger partial charge in [0.15, 0.2) is 0 Å². The van der Waals surface area contributed by atoms with E-state index in [1.54, 1.807) is 18.1 Å². The maximum atomic E-state index is 13.8. The molecule has 0 aliphatic carbocycles. The Morgan fingerprint density at radius 3 is 2.79 bits per heavy atom. The fourth-order valence-electron chi connectivity index (χ4n) is 2.69. The SMILES string of the molecule is COCCOCc1cc(C(=O)N2CCC(C)(CN)C2)ccc1F.Cl. The maximum Gasteiger partial charge on any atom is 0.253 e. The molecule has 1 aromatic rings. The van der Waals surface area contributed by atoms with Crippen LogP contribution in [-0.4, -0.2) is 50.8 Å². The van der Waals surface area contributed by atoms with Crippen molar-refractivity contribution >= 4 is 18.3 Å². The normalized spacial score (nSPS) is 20.1. The summed E-state index contributed by atoms with van der Waals surface area (Å²) < 4.78 is 24.1. The van der Waals surface area contributed by atoms with Crippen molar-refractivity contribution in [1.29, 1.82) is 0 Å². The number of hydrogen-bond acceptors (Lipinski definition) is 4. The number of halogens is 2. The molecule has 1 aliphatic heterocycles. The summed E-state index contributed by atoms with van der Waals surface area (Å²) in [4.78, 5) is 14.4. The van der Waals surface area contributed by atoms with Gasteiger partial charge in [-0.25, -0.2) is 4.39 Å². The van der Waals surface area contributed by atoms with Crippen molar-refractivity contribution in [1.82, 2.24) is 4.90 Å². The van der Waals surface area contributed by atoms with Gasteiger partial charge in [-0.3, -0.25) is 4.79 Å². The van der Waals surface area contributed by atoms with Gasteiger partial charge in [0.2, 0.25) is 0 Å².